The average molecular weight is 237 g/mol. The molecule has 0 radical (unpaired) electrons. The Kier molecular flexibility index (Phi) is 4.43. The quantitative estimate of drug-likeness (QED) is 0.790. The van der Waals surface area contributed by atoms with E-state index in [4.69, 9.17) is 10.8 Å². The van der Waals surface area contributed by atoms with Crippen LogP contribution in [0.4, 0.5) is 0 Å². The van der Waals surface area contributed by atoms with Gasteiger partial charge >= 0.3 is 5.97 Å². The highest BCUT2D eigenvalue weighted by Crippen LogP contribution is 2.22. The van der Waals surface area contributed by atoms with Crippen molar-refractivity contribution in [3.8, 4) is 0 Å². The second kappa shape index (κ2) is 5.61. The van der Waals surface area contributed by atoms with E-state index in [1.807, 2.05) is 25.1 Å². The third-order valence-electron chi connectivity index (χ3n) is 2.15. The van der Waals surface area contributed by atoms with E-state index in [0.717, 1.165) is 5.75 Å². The van der Waals surface area contributed by atoms with Gasteiger partial charge in [-0.15, -0.1) is 11.8 Å². The maximum Gasteiger partial charge on any atom is 0.352 e. The molecule has 0 amide bonds. The van der Waals surface area contributed by atoms with Gasteiger partial charge in [-0.25, -0.2) is 4.79 Å². The summed E-state index contributed by atoms with van der Waals surface area (Å²) in [6, 6.07) is 8.12. The molecule has 0 atom stereocenters. The Morgan fingerprint density at radius 1 is 1.50 bits per heavy atom. The van der Waals surface area contributed by atoms with Crippen LogP contribution in [0.2, 0.25) is 0 Å². The number of aryl methyl sites for hydroxylation is 1. The summed E-state index contributed by atoms with van der Waals surface area (Å²) in [5.74, 6) is -0.323. The summed E-state index contributed by atoms with van der Waals surface area (Å²) >= 11 is 1.45. The number of carboxylic acid groups (broad SMARTS) is 1. The maximum absolute atomic E-state index is 10.6. The number of hydrogen-bond acceptors (Lipinski definition) is 3. The minimum atomic E-state index is -1.06. The first-order valence-corrected chi connectivity index (χ1v) is 5.87. The van der Waals surface area contributed by atoms with Crippen LogP contribution in [0.5, 0.6) is 0 Å². The second-order valence-corrected chi connectivity index (χ2v) is 4.74. The SMILES string of the molecule is C/C(SCc1cccc(C)c1)=C(/N)C(=O)O. The Labute approximate surface area is 99.4 Å². The molecule has 0 fully saturated rings. The number of allylic oxidation sites excluding steroid dienone is 1. The van der Waals surface area contributed by atoms with Crippen LogP contribution in [-0.4, -0.2) is 11.1 Å². The van der Waals surface area contributed by atoms with Crippen molar-refractivity contribution in [2.45, 2.75) is 19.6 Å². The lowest BCUT2D eigenvalue weighted by Gasteiger charge is -2.04. The predicted octanol–water partition coefficient (Wildman–Crippen LogP) is 2.50. The number of benzene rings is 1. The van der Waals surface area contributed by atoms with Gasteiger partial charge in [-0.05, 0) is 19.4 Å². The normalized spacial score (nSPS) is 12.1. The highest BCUT2D eigenvalue weighted by atomic mass is 32.2. The molecule has 0 aliphatic heterocycles. The summed E-state index contributed by atoms with van der Waals surface area (Å²) < 4.78 is 0. The molecule has 0 heterocycles. The number of carbonyl (C=O) groups is 1. The molecule has 86 valence electrons. The molecule has 0 saturated carbocycles. The molecule has 3 N–H and O–H groups in total. The molecule has 0 aliphatic rings. The highest BCUT2D eigenvalue weighted by Gasteiger charge is 2.06. The first kappa shape index (κ1) is 12.6. The minimum absolute atomic E-state index is 0.0716. The maximum atomic E-state index is 10.6. The molecule has 0 spiro atoms. The number of hydrogen-bond donors (Lipinski definition) is 2. The van der Waals surface area contributed by atoms with Gasteiger partial charge in [-0.3, -0.25) is 0 Å². The van der Waals surface area contributed by atoms with Gasteiger partial charge in [0.1, 0.15) is 5.70 Å². The van der Waals surface area contributed by atoms with Crippen molar-refractivity contribution in [3.63, 3.8) is 0 Å². The summed E-state index contributed by atoms with van der Waals surface area (Å²) in [5, 5.41) is 8.70. The van der Waals surface area contributed by atoms with Gasteiger partial charge in [0.2, 0.25) is 0 Å². The van der Waals surface area contributed by atoms with E-state index < -0.39 is 5.97 Å². The predicted molar refractivity (Wildman–Crippen MR) is 67.0 cm³/mol. The number of aliphatic carboxylic acids is 1. The van der Waals surface area contributed by atoms with E-state index in [0.29, 0.717) is 4.91 Å². The number of rotatable bonds is 4. The van der Waals surface area contributed by atoms with E-state index in [2.05, 4.69) is 6.07 Å². The topological polar surface area (TPSA) is 63.3 Å². The molecule has 0 bridgehead atoms. The Hall–Kier alpha value is -1.42. The lowest BCUT2D eigenvalue weighted by atomic mass is 10.2. The summed E-state index contributed by atoms with van der Waals surface area (Å²) in [7, 11) is 0. The van der Waals surface area contributed by atoms with Crippen LogP contribution < -0.4 is 5.73 Å². The molecule has 0 aromatic heterocycles. The Morgan fingerprint density at radius 3 is 2.75 bits per heavy atom. The van der Waals surface area contributed by atoms with Crippen molar-refractivity contribution in [3.05, 3.63) is 46.0 Å². The van der Waals surface area contributed by atoms with Crippen molar-refractivity contribution >= 4 is 17.7 Å². The molecule has 1 aromatic rings. The van der Waals surface area contributed by atoms with Crippen LogP contribution in [0, 0.1) is 6.92 Å². The third-order valence-corrected chi connectivity index (χ3v) is 3.28. The van der Waals surface area contributed by atoms with Gasteiger partial charge in [-0.2, -0.15) is 0 Å². The summed E-state index contributed by atoms with van der Waals surface area (Å²) in [6.45, 7) is 3.76. The molecule has 16 heavy (non-hydrogen) atoms. The number of thioether (sulfide) groups is 1. The van der Waals surface area contributed by atoms with Crippen LogP contribution in [0.15, 0.2) is 34.9 Å². The number of carboxylic acids is 1. The summed E-state index contributed by atoms with van der Waals surface area (Å²) in [5.41, 5.74) is 7.71. The van der Waals surface area contributed by atoms with Crippen LogP contribution in [0.25, 0.3) is 0 Å². The van der Waals surface area contributed by atoms with Crippen LogP contribution in [0.1, 0.15) is 18.1 Å². The fourth-order valence-corrected chi connectivity index (χ4v) is 2.03. The zero-order chi connectivity index (χ0) is 12.1. The molecule has 0 aliphatic carbocycles. The molecule has 0 unspecified atom stereocenters. The Morgan fingerprint density at radius 2 is 2.19 bits per heavy atom. The van der Waals surface area contributed by atoms with Crippen molar-refractivity contribution in [2.24, 2.45) is 5.73 Å². The van der Waals surface area contributed by atoms with Crippen molar-refractivity contribution in [2.75, 3.05) is 0 Å². The van der Waals surface area contributed by atoms with Crippen LogP contribution in [-0.2, 0) is 10.5 Å². The van der Waals surface area contributed by atoms with E-state index in [9.17, 15) is 4.79 Å². The summed E-state index contributed by atoms with van der Waals surface area (Å²) in [4.78, 5) is 11.3. The second-order valence-electron chi connectivity index (χ2n) is 3.55. The zero-order valence-electron chi connectivity index (χ0n) is 9.36. The van der Waals surface area contributed by atoms with Gasteiger partial charge in [-0.1, -0.05) is 29.8 Å². The van der Waals surface area contributed by atoms with Gasteiger partial charge in [0.25, 0.3) is 0 Å². The first-order chi connectivity index (χ1) is 7.50. The first-order valence-electron chi connectivity index (χ1n) is 4.88. The lowest BCUT2D eigenvalue weighted by molar-refractivity contribution is -0.132. The minimum Gasteiger partial charge on any atom is -0.477 e. The molecule has 4 heteroatoms. The molecular formula is C12H15NO2S. The van der Waals surface area contributed by atoms with E-state index in [1.54, 1.807) is 6.92 Å². The van der Waals surface area contributed by atoms with Gasteiger partial charge in [0, 0.05) is 10.7 Å². The smallest absolute Gasteiger partial charge is 0.352 e. The van der Waals surface area contributed by atoms with Gasteiger partial charge < -0.3 is 10.8 Å². The average Bonchev–Trinajstić information content (AvgIpc) is 2.24. The van der Waals surface area contributed by atoms with E-state index >= 15 is 0 Å². The lowest BCUT2D eigenvalue weighted by Crippen LogP contribution is -2.11. The third kappa shape index (κ3) is 3.62. The molecule has 0 saturated heterocycles. The standard InChI is InChI=1S/C12H15NO2S/c1-8-4-3-5-10(6-8)7-16-9(2)11(13)12(14)15/h3-6H,7,13H2,1-2H3,(H,14,15)/b11-9-. The largest absolute Gasteiger partial charge is 0.477 e. The van der Waals surface area contributed by atoms with E-state index in [1.165, 1.54) is 22.9 Å². The van der Waals surface area contributed by atoms with Crippen molar-refractivity contribution < 1.29 is 9.90 Å². The van der Waals surface area contributed by atoms with Gasteiger partial charge in [0.05, 0.1) is 0 Å². The van der Waals surface area contributed by atoms with E-state index in [-0.39, 0.29) is 5.70 Å². The summed E-state index contributed by atoms with van der Waals surface area (Å²) in [6.07, 6.45) is 0. The van der Waals surface area contributed by atoms with Crippen molar-refractivity contribution in [1.82, 2.24) is 0 Å². The fourth-order valence-electron chi connectivity index (χ4n) is 1.22. The molecular weight excluding hydrogens is 222 g/mol. The Balaban J connectivity index is 2.65. The molecule has 1 aromatic carbocycles. The highest BCUT2D eigenvalue weighted by molar-refractivity contribution is 8.02. The fraction of sp³-hybridized carbons (Fsp3) is 0.250. The monoisotopic (exact) mass is 237 g/mol. The van der Waals surface area contributed by atoms with Crippen LogP contribution >= 0.6 is 11.8 Å². The van der Waals surface area contributed by atoms with Gasteiger partial charge in [0.15, 0.2) is 0 Å². The number of nitrogens with two attached hydrogens (primary N) is 1. The van der Waals surface area contributed by atoms with Crippen molar-refractivity contribution in [1.29, 1.82) is 0 Å². The Bertz CT molecular complexity index is 427. The zero-order valence-corrected chi connectivity index (χ0v) is 10.2. The molecule has 1 rings (SSSR count). The van der Waals surface area contributed by atoms with Crippen LogP contribution in [0.3, 0.4) is 0 Å². The molecule has 3 nitrogen and oxygen atoms in total.